The molecule has 1 aliphatic heterocycles. The second-order valence-corrected chi connectivity index (χ2v) is 7.90. The number of carbonyl (C=O) groups excluding carboxylic acids is 1. The largest absolute Gasteiger partial charge is 0.586 e. The number of nitrogens with zero attached hydrogens (tertiary/aromatic N) is 3. The Kier molecular flexibility index (Phi) is 5.37. The number of carbonyl (C=O) groups is 1. The van der Waals surface area contributed by atoms with E-state index in [4.69, 9.17) is 4.42 Å². The van der Waals surface area contributed by atoms with Gasteiger partial charge in [0.15, 0.2) is 28.2 Å². The fraction of sp³-hybridized carbons (Fsp3) is 0.316. The van der Waals surface area contributed by atoms with Gasteiger partial charge < -0.3 is 19.2 Å². The van der Waals surface area contributed by atoms with E-state index in [9.17, 15) is 13.6 Å². The average molecular weight is 436 g/mol. The number of ether oxygens (including phenoxy) is 2. The van der Waals surface area contributed by atoms with Crippen molar-refractivity contribution < 1.29 is 27.5 Å². The molecule has 0 saturated carbocycles. The molecular weight excluding hydrogens is 418 g/mol. The fourth-order valence-electron chi connectivity index (χ4n) is 2.87. The first kappa shape index (κ1) is 20.2. The molecule has 0 atom stereocenters. The van der Waals surface area contributed by atoms with Crippen molar-refractivity contribution in [2.45, 2.75) is 31.8 Å². The van der Waals surface area contributed by atoms with Gasteiger partial charge in [0.25, 0.3) is 0 Å². The van der Waals surface area contributed by atoms with E-state index in [-0.39, 0.29) is 23.2 Å². The highest BCUT2D eigenvalue weighted by Crippen LogP contribution is 2.42. The molecule has 158 valence electrons. The topological polar surface area (TPSA) is 91.4 Å². The van der Waals surface area contributed by atoms with Gasteiger partial charge in [0.05, 0.1) is 12.0 Å². The van der Waals surface area contributed by atoms with Crippen LogP contribution in [-0.4, -0.2) is 32.7 Å². The van der Waals surface area contributed by atoms with Crippen LogP contribution >= 0.6 is 11.8 Å². The summed E-state index contributed by atoms with van der Waals surface area (Å²) in [5, 5.41) is 11.6. The predicted molar refractivity (Wildman–Crippen MR) is 105 cm³/mol. The lowest BCUT2D eigenvalue weighted by molar-refractivity contribution is -0.286. The van der Waals surface area contributed by atoms with Gasteiger partial charge >= 0.3 is 6.29 Å². The highest BCUT2D eigenvalue weighted by atomic mass is 32.2. The van der Waals surface area contributed by atoms with E-state index in [0.717, 1.165) is 0 Å². The molecule has 11 heteroatoms. The summed E-state index contributed by atoms with van der Waals surface area (Å²) in [5.74, 6) is 1.02. The number of fused-ring (bicyclic) bond motifs is 1. The Labute approximate surface area is 174 Å². The number of amides is 1. The predicted octanol–water partition coefficient (Wildman–Crippen LogP) is 4.25. The van der Waals surface area contributed by atoms with Crippen molar-refractivity contribution in [1.82, 2.24) is 14.8 Å². The zero-order valence-corrected chi connectivity index (χ0v) is 16.9. The molecule has 1 N–H and O–H groups in total. The number of rotatable bonds is 7. The lowest BCUT2D eigenvalue weighted by Crippen LogP contribution is -2.25. The fourth-order valence-corrected chi connectivity index (χ4v) is 3.61. The van der Waals surface area contributed by atoms with Crippen molar-refractivity contribution in [3.63, 3.8) is 0 Å². The van der Waals surface area contributed by atoms with Crippen LogP contribution in [0.4, 0.5) is 14.5 Å². The first-order chi connectivity index (χ1) is 14.3. The quantitative estimate of drug-likeness (QED) is 0.554. The zero-order valence-electron chi connectivity index (χ0n) is 16.1. The van der Waals surface area contributed by atoms with Crippen LogP contribution in [0.25, 0.3) is 11.6 Å². The van der Waals surface area contributed by atoms with Crippen molar-refractivity contribution in [2.24, 2.45) is 5.92 Å². The van der Waals surface area contributed by atoms with E-state index in [1.54, 1.807) is 18.4 Å². The monoisotopic (exact) mass is 436 g/mol. The Morgan fingerprint density at radius 2 is 2.03 bits per heavy atom. The Balaban J connectivity index is 1.42. The van der Waals surface area contributed by atoms with Crippen LogP contribution in [0.1, 0.15) is 13.8 Å². The van der Waals surface area contributed by atoms with Crippen molar-refractivity contribution in [1.29, 1.82) is 0 Å². The summed E-state index contributed by atoms with van der Waals surface area (Å²) >= 11 is 1.22. The summed E-state index contributed by atoms with van der Waals surface area (Å²) in [6.07, 6.45) is -2.14. The molecule has 1 aromatic carbocycles. The smallest absolute Gasteiger partial charge is 0.461 e. The lowest BCUT2D eigenvalue weighted by atomic mass is 10.2. The van der Waals surface area contributed by atoms with Gasteiger partial charge in [-0.15, -0.1) is 19.0 Å². The van der Waals surface area contributed by atoms with Crippen LogP contribution in [0, 0.1) is 5.92 Å². The molecule has 0 unspecified atom stereocenters. The summed E-state index contributed by atoms with van der Waals surface area (Å²) < 4.78 is 42.3. The van der Waals surface area contributed by atoms with Gasteiger partial charge in [-0.3, -0.25) is 9.36 Å². The third kappa shape index (κ3) is 4.40. The molecule has 0 fully saturated rings. The third-order valence-corrected chi connectivity index (χ3v) is 4.99. The van der Waals surface area contributed by atoms with Gasteiger partial charge in [0.1, 0.15) is 0 Å². The van der Waals surface area contributed by atoms with Crippen LogP contribution in [-0.2, 0) is 11.3 Å². The Hall–Kier alpha value is -3.08. The molecule has 3 heterocycles. The molecule has 0 bridgehead atoms. The number of hydrogen-bond acceptors (Lipinski definition) is 7. The number of aromatic nitrogens is 3. The second-order valence-electron chi connectivity index (χ2n) is 6.95. The number of anilines is 1. The minimum absolute atomic E-state index is 0.0545. The maximum Gasteiger partial charge on any atom is 0.586 e. The number of thioether (sulfide) groups is 1. The minimum atomic E-state index is -3.70. The van der Waals surface area contributed by atoms with Crippen molar-refractivity contribution in [3.05, 3.63) is 36.6 Å². The number of alkyl halides is 2. The number of halogens is 2. The van der Waals surface area contributed by atoms with Crippen molar-refractivity contribution in [2.75, 3.05) is 11.1 Å². The van der Waals surface area contributed by atoms with Gasteiger partial charge in [0.2, 0.25) is 5.91 Å². The Bertz CT molecular complexity index is 1050. The zero-order chi connectivity index (χ0) is 21.3. The molecule has 1 amide bonds. The molecular formula is C19H18F2N4O4S. The Morgan fingerprint density at radius 1 is 1.23 bits per heavy atom. The molecule has 0 spiro atoms. The molecule has 1 aliphatic rings. The van der Waals surface area contributed by atoms with E-state index in [1.165, 1.54) is 30.0 Å². The molecule has 0 radical (unpaired) electrons. The molecule has 8 nitrogen and oxygen atoms in total. The number of benzene rings is 1. The van der Waals surface area contributed by atoms with E-state index in [1.807, 2.05) is 4.57 Å². The first-order valence-corrected chi connectivity index (χ1v) is 10.1. The molecule has 4 rings (SSSR count). The highest BCUT2D eigenvalue weighted by molar-refractivity contribution is 7.99. The van der Waals surface area contributed by atoms with E-state index in [2.05, 4.69) is 38.8 Å². The summed E-state index contributed by atoms with van der Waals surface area (Å²) in [6.45, 7) is 4.79. The van der Waals surface area contributed by atoms with Crippen molar-refractivity contribution >= 4 is 23.4 Å². The van der Waals surface area contributed by atoms with Gasteiger partial charge in [0, 0.05) is 18.3 Å². The van der Waals surface area contributed by atoms with Crippen LogP contribution in [0.15, 0.2) is 46.2 Å². The van der Waals surface area contributed by atoms with Crippen LogP contribution in [0.2, 0.25) is 0 Å². The van der Waals surface area contributed by atoms with E-state index >= 15 is 0 Å². The molecule has 0 saturated heterocycles. The first-order valence-electron chi connectivity index (χ1n) is 9.10. The van der Waals surface area contributed by atoms with E-state index in [0.29, 0.717) is 34.9 Å². The molecule has 3 aromatic rings. The molecule has 2 aromatic heterocycles. The van der Waals surface area contributed by atoms with Gasteiger partial charge in [-0.25, -0.2) is 0 Å². The second kappa shape index (κ2) is 7.98. The number of nitrogens with one attached hydrogen (secondary N) is 1. The summed E-state index contributed by atoms with van der Waals surface area (Å²) in [7, 11) is 0. The molecule has 0 aliphatic carbocycles. The van der Waals surface area contributed by atoms with Crippen LogP contribution < -0.4 is 14.8 Å². The summed E-state index contributed by atoms with van der Waals surface area (Å²) in [4.78, 5) is 12.4. The van der Waals surface area contributed by atoms with Crippen molar-refractivity contribution in [3.8, 4) is 23.1 Å². The van der Waals surface area contributed by atoms with Gasteiger partial charge in [-0.2, -0.15) is 0 Å². The third-order valence-electron chi connectivity index (χ3n) is 4.02. The van der Waals surface area contributed by atoms with E-state index < -0.39 is 6.29 Å². The lowest BCUT2D eigenvalue weighted by Gasteiger charge is -2.11. The van der Waals surface area contributed by atoms with Gasteiger partial charge in [-0.1, -0.05) is 25.6 Å². The minimum Gasteiger partial charge on any atom is -0.461 e. The normalized spacial score (nSPS) is 14.3. The summed E-state index contributed by atoms with van der Waals surface area (Å²) in [6, 6.07) is 7.63. The number of furan rings is 1. The standard InChI is InChI=1S/C19H18F2N4O4S/c1-11(2)9-25-17(14-4-3-7-27-14)23-24-18(25)30-10-16(26)22-12-5-6-13-15(8-12)29-19(20,21)28-13/h3-8,11H,9-10H2,1-2H3,(H,22,26). The average Bonchev–Trinajstić information content (AvgIpc) is 3.37. The summed E-state index contributed by atoms with van der Waals surface area (Å²) in [5.41, 5.74) is 0.320. The van der Waals surface area contributed by atoms with Crippen LogP contribution in [0.5, 0.6) is 11.5 Å². The maximum atomic E-state index is 13.1. The highest BCUT2D eigenvalue weighted by Gasteiger charge is 2.43. The maximum absolute atomic E-state index is 13.1. The van der Waals surface area contributed by atoms with Crippen LogP contribution in [0.3, 0.4) is 0 Å². The Morgan fingerprint density at radius 3 is 2.77 bits per heavy atom. The SMILES string of the molecule is CC(C)Cn1c(SCC(=O)Nc2ccc3c(c2)OC(F)(F)O3)nnc1-c1ccco1. The van der Waals surface area contributed by atoms with Gasteiger partial charge in [-0.05, 0) is 30.2 Å². The molecule has 30 heavy (non-hydrogen) atoms. The number of hydrogen-bond donors (Lipinski definition) is 1.